The topological polar surface area (TPSA) is 59.1 Å². The number of nitrogens with one attached hydrogen (secondary N) is 1. The van der Waals surface area contributed by atoms with Gasteiger partial charge in [0.05, 0.1) is 16.4 Å². The Labute approximate surface area is 126 Å². The molecule has 1 fully saturated rings. The van der Waals surface area contributed by atoms with Crippen molar-refractivity contribution in [2.24, 2.45) is 12.9 Å². The number of nitrogens with zero attached hydrogens (tertiary/aromatic N) is 3. The van der Waals surface area contributed by atoms with Gasteiger partial charge in [-0.2, -0.15) is 5.10 Å². The Hall–Kier alpha value is -0.620. The van der Waals surface area contributed by atoms with Gasteiger partial charge in [-0.25, -0.2) is 0 Å². The summed E-state index contributed by atoms with van der Waals surface area (Å²) in [5.41, 5.74) is 4.90. The molecular weight excluding hydrogens is 274 g/mol. The molecular formula is C14H26ClN5. The van der Waals surface area contributed by atoms with Gasteiger partial charge < -0.3 is 0 Å². The molecule has 5 nitrogen and oxygen atoms in total. The van der Waals surface area contributed by atoms with Crippen molar-refractivity contribution in [3.8, 4) is 0 Å². The van der Waals surface area contributed by atoms with E-state index in [4.69, 9.17) is 17.4 Å². The van der Waals surface area contributed by atoms with Crippen LogP contribution in [0.2, 0.25) is 5.02 Å². The minimum atomic E-state index is -0.00719. The van der Waals surface area contributed by atoms with Crippen molar-refractivity contribution < 1.29 is 0 Å². The van der Waals surface area contributed by atoms with Crippen molar-refractivity contribution in [1.82, 2.24) is 20.1 Å². The van der Waals surface area contributed by atoms with Crippen molar-refractivity contribution in [3.63, 3.8) is 0 Å². The van der Waals surface area contributed by atoms with Gasteiger partial charge in [0.1, 0.15) is 0 Å². The lowest BCUT2D eigenvalue weighted by molar-refractivity contribution is 0.106. The molecule has 1 aliphatic heterocycles. The standard InChI is InChI=1S/C14H26ClN5/c1-10-13(15)11(19(4)18-10)9-12(17-16)14(2,3)20-7-5-6-8-20/h12,17H,5-9,16H2,1-4H3. The summed E-state index contributed by atoms with van der Waals surface area (Å²) in [6.07, 6.45) is 3.31. The minimum Gasteiger partial charge on any atom is -0.297 e. The molecule has 0 aliphatic carbocycles. The molecule has 20 heavy (non-hydrogen) atoms. The quantitative estimate of drug-likeness (QED) is 0.641. The fourth-order valence-electron chi connectivity index (χ4n) is 3.12. The van der Waals surface area contributed by atoms with Gasteiger partial charge in [-0.1, -0.05) is 11.6 Å². The van der Waals surface area contributed by atoms with E-state index in [-0.39, 0.29) is 11.6 Å². The van der Waals surface area contributed by atoms with Crippen LogP contribution in [0.5, 0.6) is 0 Å². The van der Waals surface area contributed by atoms with Crippen molar-refractivity contribution in [2.45, 2.75) is 51.6 Å². The monoisotopic (exact) mass is 299 g/mol. The van der Waals surface area contributed by atoms with E-state index < -0.39 is 0 Å². The number of likely N-dealkylation sites (tertiary alicyclic amines) is 1. The first-order valence-corrected chi connectivity index (χ1v) is 7.65. The highest BCUT2D eigenvalue weighted by atomic mass is 35.5. The van der Waals surface area contributed by atoms with Gasteiger partial charge >= 0.3 is 0 Å². The van der Waals surface area contributed by atoms with Crippen molar-refractivity contribution in [3.05, 3.63) is 16.4 Å². The third-order valence-corrected chi connectivity index (χ3v) is 5.13. The van der Waals surface area contributed by atoms with Gasteiger partial charge in [0.15, 0.2) is 0 Å². The number of aromatic nitrogens is 2. The van der Waals surface area contributed by atoms with E-state index in [1.807, 2.05) is 18.7 Å². The highest BCUT2D eigenvalue weighted by Gasteiger charge is 2.37. The Kier molecular flexibility index (Phi) is 4.74. The van der Waals surface area contributed by atoms with Crippen LogP contribution in [-0.4, -0.2) is 39.4 Å². The zero-order valence-corrected chi connectivity index (χ0v) is 13.7. The third-order valence-electron chi connectivity index (χ3n) is 4.63. The Morgan fingerprint density at radius 1 is 1.40 bits per heavy atom. The van der Waals surface area contributed by atoms with Gasteiger partial charge in [-0.3, -0.25) is 20.9 Å². The molecule has 1 unspecified atom stereocenters. The van der Waals surface area contributed by atoms with Crippen LogP contribution in [0.25, 0.3) is 0 Å². The summed E-state index contributed by atoms with van der Waals surface area (Å²) >= 11 is 6.36. The Morgan fingerprint density at radius 2 is 2.00 bits per heavy atom. The zero-order chi connectivity index (χ0) is 14.9. The molecule has 6 heteroatoms. The molecule has 114 valence electrons. The molecule has 0 saturated carbocycles. The number of nitrogens with two attached hydrogens (primary N) is 1. The van der Waals surface area contributed by atoms with Gasteiger partial charge in [0.25, 0.3) is 0 Å². The number of rotatable bonds is 5. The second kappa shape index (κ2) is 6.02. The molecule has 1 aromatic rings. The highest BCUT2D eigenvalue weighted by molar-refractivity contribution is 6.31. The predicted octanol–water partition coefficient (Wildman–Crippen LogP) is 1.63. The maximum atomic E-state index is 6.36. The van der Waals surface area contributed by atoms with Crippen LogP contribution in [0.1, 0.15) is 38.1 Å². The van der Waals surface area contributed by atoms with Gasteiger partial charge in [-0.15, -0.1) is 0 Å². The largest absolute Gasteiger partial charge is 0.297 e. The fraction of sp³-hybridized carbons (Fsp3) is 0.786. The summed E-state index contributed by atoms with van der Waals surface area (Å²) in [5, 5.41) is 5.13. The lowest BCUT2D eigenvalue weighted by Crippen LogP contribution is -2.59. The summed E-state index contributed by atoms with van der Waals surface area (Å²) in [7, 11) is 1.94. The van der Waals surface area contributed by atoms with Crippen LogP contribution in [0.3, 0.4) is 0 Å². The number of hydrogen-bond acceptors (Lipinski definition) is 4. The van der Waals surface area contributed by atoms with Crippen LogP contribution >= 0.6 is 11.6 Å². The molecule has 1 aliphatic rings. The third kappa shape index (κ3) is 2.86. The average Bonchev–Trinajstić information content (AvgIpc) is 2.99. The summed E-state index contributed by atoms with van der Waals surface area (Å²) in [6, 6.07) is 0.132. The van der Waals surface area contributed by atoms with E-state index in [2.05, 4.69) is 29.3 Å². The SMILES string of the molecule is Cc1nn(C)c(CC(NN)C(C)(C)N2CCCC2)c1Cl. The minimum absolute atomic E-state index is 0.00719. The number of halogens is 1. The molecule has 2 rings (SSSR count). The molecule has 0 bridgehead atoms. The van der Waals surface area contributed by atoms with Crippen LogP contribution in [0.15, 0.2) is 0 Å². The normalized spacial score (nSPS) is 18.7. The first-order chi connectivity index (χ1) is 9.37. The molecule has 1 saturated heterocycles. The molecule has 1 aromatic heterocycles. The number of hydrazine groups is 1. The van der Waals surface area contributed by atoms with Gasteiger partial charge in [-0.05, 0) is 46.7 Å². The van der Waals surface area contributed by atoms with E-state index in [9.17, 15) is 0 Å². The number of aryl methyl sites for hydroxylation is 2. The fourth-order valence-corrected chi connectivity index (χ4v) is 3.36. The molecule has 0 amide bonds. The van der Waals surface area contributed by atoms with Crippen molar-refractivity contribution in [2.75, 3.05) is 13.1 Å². The average molecular weight is 300 g/mol. The van der Waals surface area contributed by atoms with Gasteiger partial charge in [0, 0.05) is 25.0 Å². The molecule has 0 aromatic carbocycles. The summed E-state index contributed by atoms with van der Waals surface area (Å²) in [6.45, 7) is 8.72. The van der Waals surface area contributed by atoms with Crippen LogP contribution in [-0.2, 0) is 13.5 Å². The Morgan fingerprint density at radius 3 is 2.45 bits per heavy atom. The molecule has 2 heterocycles. The van der Waals surface area contributed by atoms with Crippen LogP contribution in [0, 0.1) is 6.92 Å². The zero-order valence-electron chi connectivity index (χ0n) is 12.9. The lowest BCUT2D eigenvalue weighted by Gasteiger charge is -2.42. The predicted molar refractivity (Wildman–Crippen MR) is 82.7 cm³/mol. The van der Waals surface area contributed by atoms with E-state index >= 15 is 0 Å². The van der Waals surface area contributed by atoms with Crippen molar-refractivity contribution in [1.29, 1.82) is 0 Å². The Balaban J connectivity index is 2.19. The van der Waals surface area contributed by atoms with E-state index in [0.717, 1.165) is 35.9 Å². The van der Waals surface area contributed by atoms with E-state index in [1.165, 1.54) is 12.8 Å². The molecule has 0 radical (unpaired) electrons. The first kappa shape index (κ1) is 15.8. The van der Waals surface area contributed by atoms with Crippen LogP contribution < -0.4 is 11.3 Å². The van der Waals surface area contributed by atoms with E-state index in [0.29, 0.717) is 0 Å². The Bertz CT molecular complexity index is 462. The summed E-state index contributed by atoms with van der Waals surface area (Å²) < 4.78 is 1.86. The molecule has 1 atom stereocenters. The van der Waals surface area contributed by atoms with Crippen LogP contribution in [0.4, 0.5) is 0 Å². The maximum Gasteiger partial charge on any atom is 0.0847 e. The maximum absolute atomic E-state index is 6.36. The number of hydrogen-bond donors (Lipinski definition) is 2. The molecule has 0 spiro atoms. The second-order valence-electron chi connectivity index (χ2n) is 6.24. The molecule has 3 N–H and O–H groups in total. The smallest absolute Gasteiger partial charge is 0.0847 e. The summed E-state index contributed by atoms with van der Waals surface area (Å²) in [4.78, 5) is 2.51. The van der Waals surface area contributed by atoms with Crippen molar-refractivity contribution >= 4 is 11.6 Å². The van der Waals surface area contributed by atoms with Gasteiger partial charge in [0.2, 0.25) is 0 Å². The lowest BCUT2D eigenvalue weighted by atomic mass is 9.89. The highest BCUT2D eigenvalue weighted by Crippen LogP contribution is 2.28. The second-order valence-corrected chi connectivity index (χ2v) is 6.62. The van der Waals surface area contributed by atoms with E-state index in [1.54, 1.807) is 0 Å². The first-order valence-electron chi connectivity index (χ1n) is 7.27. The summed E-state index contributed by atoms with van der Waals surface area (Å²) in [5.74, 6) is 5.83.